The summed E-state index contributed by atoms with van der Waals surface area (Å²) < 4.78 is 5.17. The van der Waals surface area contributed by atoms with Gasteiger partial charge in [0.1, 0.15) is 11.8 Å². The lowest BCUT2D eigenvalue weighted by Crippen LogP contribution is -2.22. The van der Waals surface area contributed by atoms with Crippen LogP contribution >= 0.6 is 0 Å². The molecule has 0 fully saturated rings. The minimum Gasteiger partial charge on any atom is -0.496 e. The molecule has 0 heterocycles. The molecule has 0 saturated heterocycles. The van der Waals surface area contributed by atoms with Crippen LogP contribution in [-0.4, -0.2) is 20.2 Å². The monoisotopic (exact) mass is 245 g/mol. The molecule has 0 aliphatic rings. The fraction of sp³-hybridized carbons (Fsp3) is 0.417. The van der Waals surface area contributed by atoms with Gasteiger partial charge in [-0.15, -0.1) is 0 Å². The van der Waals surface area contributed by atoms with Crippen LogP contribution in [0.2, 0.25) is 0 Å². The van der Waals surface area contributed by atoms with Crippen molar-refractivity contribution in [2.24, 2.45) is 5.11 Å². The summed E-state index contributed by atoms with van der Waals surface area (Å²) in [4.78, 5) is 2.65. The van der Waals surface area contributed by atoms with Crippen LogP contribution in [0, 0.1) is 18.3 Å². The van der Waals surface area contributed by atoms with Gasteiger partial charge in [-0.2, -0.15) is 5.26 Å². The van der Waals surface area contributed by atoms with Gasteiger partial charge in [-0.3, -0.25) is 5.32 Å². The smallest absolute Gasteiger partial charge is 0.121 e. The Balaban J connectivity index is 2.73. The standard InChI is InChI=1S/C12H15N5O/c1-9-7-10(3-4-12(9)18-2)11(8-13)15-5-6-16-17-14/h3-4,7,11,15H,5-6H2,1-2H3. The van der Waals surface area contributed by atoms with Gasteiger partial charge in [0.15, 0.2) is 0 Å². The maximum atomic E-state index is 9.11. The topological polar surface area (TPSA) is 93.8 Å². The molecule has 0 saturated carbocycles. The van der Waals surface area contributed by atoms with Gasteiger partial charge in [-0.05, 0) is 35.7 Å². The van der Waals surface area contributed by atoms with E-state index < -0.39 is 6.04 Å². The third kappa shape index (κ3) is 3.67. The second-order valence-electron chi connectivity index (χ2n) is 3.70. The molecule has 6 nitrogen and oxygen atoms in total. The van der Waals surface area contributed by atoms with E-state index in [0.717, 1.165) is 16.9 Å². The zero-order chi connectivity index (χ0) is 13.4. The summed E-state index contributed by atoms with van der Waals surface area (Å²) in [7, 11) is 1.61. The fourth-order valence-corrected chi connectivity index (χ4v) is 1.62. The van der Waals surface area contributed by atoms with Gasteiger partial charge in [0, 0.05) is 18.0 Å². The second-order valence-corrected chi connectivity index (χ2v) is 3.70. The number of nitrogens with one attached hydrogen (secondary N) is 1. The molecule has 0 aromatic heterocycles. The summed E-state index contributed by atoms with van der Waals surface area (Å²) in [5, 5.41) is 15.5. The van der Waals surface area contributed by atoms with E-state index in [9.17, 15) is 0 Å². The molecule has 1 atom stereocenters. The van der Waals surface area contributed by atoms with Crippen LogP contribution in [0.15, 0.2) is 23.3 Å². The zero-order valence-electron chi connectivity index (χ0n) is 10.4. The number of aryl methyl sites for hydroxylation is 1. The van der Waals surface area contributed by atoms with Crippen molar-refractivity contribution < 1.29 is 4.74 Å². The van der Waals surface area contributed by atoms with Crippen LogP contribution in [-0.2, 0) is 0 Å². The van der Waals surface area contributed by atoms with Crippen LogP contribution in [0.5, 0.6) is 5.75 Å². The van der Waals surface area contributed by atoms with E-state index in [0.29, 0.717) is 13.1 Å². The number of rotatable bonds is 6. The Labute approximate surface area is 106 Å². The minimum absolute atomic E-state index is 0.323. The highest BCUT2D eigenvalue weighted by Crippen LogP contribution is 2.22. The number of azide groups is 1. The van der Waals surface area contributed by atoms with Gasteiger partial charge in [0.2, 0.25) is 0 Å². The van der Waals surface area contributed by atoms with Crippen LogP contribution < -0.4 is 10.1 Å². The fourth-order valence-electron chi connectivity index (χ4n) is 1.62. The number of ether oxygens (including phenoxy) is 1. The highest BCUT2D eigenvalue weighted by atomic mass is 16.5. The number of hydrogen-bond acceptors (Lipinski definition) is 4. The molecule has 0 spiro atoms. The SMILES string of the molecule is COc1ccc(C(C#N)NCCN=[N+]=[N-])cc1C. The van der Waals surface area contributed by atoms with E-state index in [4.69, 9.17) is 15.5 Å². The molecular weight excluding hydrogens is 230 g/mol. The van der Waals surface area contributed by atoms with Crippen molar-refractivity contribution >= 4 is 0 Å². The summed E-state index contributed by atoms with van der Waals surface area (Å²) in [6.45, 7) is 2.72. The quantitative estimate of drug-likeness (QED) is 0.361. The van der Waals surface area contributed by atoms with Crippen LogP contribution in [0.4, 0.5) is 0 Å². The number of methoxy groups -OCH3 is 1. The average Bonchev–Trinajstić information content (AvgIpc) is 2.39. The number of nitriles is 1. The summed E-state index contributed by atoms with van der Waals surface area (Å²) in [6.07, 6.45) is 0. The summed E-state index contributed by atoms with van der Waals surface area (Å²) in [5.74, 6) is 0.796. The third-order valence-electron chi connectivity index (χ3n) is 2.50. The molecule has 1 rings (SSSR count). The molecule has 1 unspecified atom stereocenters. The lowest BCUT2D eigenvalue weighted by atomic mass is 10.0. The largest absolute Gasteiger partial charge is 0.496 e. The van der Waals surface area contributed by atoms with E-state index >= 15 is 0 Å². The van der Waals surface area contributed by atoms with Crippen molar-refractivity contribution in [3.8, 4) is 11.8 Å². The maximum absolute atomic E-state index is 9.11. The summed E-state index contributed by atoms with van der Waals surface area (Å²) >= 11 is 0. The van der Waals surface area contributed by atoms with Crippen molar-refractivity contribution in [3.05, 3.63) is 39.8 Å². The Bertz CT molecular complexity index is 488. The van der Waals surface area contributed by atoms with Crippen molar-refractivity contribution in [1.82, 2.24) is 5.32 Å². The van der Waals surface area contributed by atoms with Crippen LogP contribution in [0.1, 0.15) is 17.2 Å². The molecule has 0 aliphatic carbocycles. The first-order valence-electron chi connectivity index (χ1n) is 5.51. The normalized spacial score (nSPS) is 11.2. The highest BCUT2D eigenvalue weighted by molar-refractivity contribution is 5.38. The van der Waals surface area contributed by atoms with Crippen molar-refractivity contribution in [3.63, 3.8) is 0 Å². The molecule has 94 valence electrons. The predicted molar refractivity (Wildman–Crippen MR) is 68.1 cm³/mol. The lowest BCUT2D eigenvalue weighted by molar-refractivity contribution is 0.411. The van der Waals surface area contributed by atoms with E-state index in [1.807, 2.05) is 25.1 Å². The number of nitrogens with zero attached hydrogens (tertiary/aromatic N) is 4. The zero-order valence-corrected chi connectivity index (χ0v) is 10.4. The highest BCUT2D eigenvalue weighted by Gasteiger charge is 2.10. The Hall–Kier alpha value is -2.22. The van der Waals surface area contributed by atoms with Crippen molar-refractivity contribution in [2.45, 2.75) is 13.0 Å². The molecule has 18 heavy (non-hydrogen) atoms. The Kier molecular flexibility index (Phi) is 5.52. The predicted octanol–water partition coefficient (Wildman–Crippen LogP) is 2.47. The molecule has 0 radical (unpaired) electrons. The Morgan fingerprint density at radius 1 is 1.61 bits per heavy atom. The summed E-state index contributed by atoms with van der Waals surface area (Å²) in [6, 6.07) is 7.35. The first kappa shape index (κ1) is 13.8. The van der Waals surface area contributed by atoms with Gasteiger partial charge < -0.3 is 4.74 Å². The van der Waals surface area contributed by atoms with Crippen molar-refractivity contribution in [1.29, 1.82) is 5.26 Å². The van der Waals surface area contributed by atoms with Gasteiger partial charge in [-0.25, -0.2) is 0 Å². The van der Waals surface area contributed by atoms with Crippen molar-refractivity contribution in [2.75, 3.05) is 20.2 Å². The molecular formula is C12H15N5O. The molecule has 6 heteroatoms. The van der Waals surface area contributed by atoms with Crippen LogP contribution in [0.3, 0.4) is 0 Å². The third-order valence-corrected chi connectivity index (χ3v) is 2.50. The molecule has 1 aromatic carbocycles. The Morgan fingerprint density at radius 3 is 2.94 bits per heavy atom. The lowest BCUT2D eigenvalue weighted by Gasteiger charge is -2.13. The Morgan fingerprint density at radius 2 is 2.39 bits per heavy atom. The minimum atomic E-state index is -0.413. The van der Waals surface area contributed by atoms with E-state index in [1.54, 1.807) is 7.11 Å². The van der Waals surface area contributed by atoms with Gasteiger partial charge in [0.25, 0.3) is 0 Å². The molecule has 0 aliphatic heterocycles. The van der Waals surface area contributed by atoms with Gasteiger partial charge in [-0.1, -0.05) is 11.2 Å². The van der Waals surface area contributed by atoms with E-state index in [-0.39, 0.29) is 0 Å². The van der Waals surface area contributed by atoms with Crippen LogP contribution in [0.25, 0.3) is 10.4 Å². The molecule has 0 amide bonds. The molecule has 1 N–H and O–H groups in total. The maximum Gasteiger partial charge on any atom is 0.121 e. The average molecular weight is 245 g/mol. The first-order chi connectivity index (χ1) is 8.72. The second kappa shape index (κ2) is 7.17. The molecule has 1 aromatic rings. The van der Waals surface area contributed by atoms with Gasteiger partial charge >= 0.3 is 0 Å². The van der Waals surface area contributed by atoms with E-state index in [2.05, 4.69) is 21.4 Å². The van der Waals surface area contributed by atoms with Gasteiger partial charge in [0.05, 0.1) is 13.2 Å². The number of benzene rings is 1. The molecule has 0 bridgehead atoms. The first-order valence-corrected chi connectivity index (χ1v) is 5.51. The van der Waals surface area contributed by atoms with E-state index in [1.165, 1.54) is 0 Å². The number of hydrogen-bond donors (Lipinski definition) is 1. The summed E-state index contributed by atoms with van der Waals surface area (Å²) in [5.41, 5.74) is 10.0.